The number of hydrogen-bond acceptors (Lipinski definition) is 5. The van der Waals surface area contributed by atoms with Crippen LogP contribution in [0.15, 0.2) is 20.8 Å². The van der Waals surface area contributed by atoms with Gasteiger partial charge < -0.3 is 5.11 Å². The molecule has 2 aliphatic carbocycles. The van der Waals surface area contributed by atoms with Crippen molar-refractivity contribution in [2.45, 2.75) is 68.6 Å². The molecular weight excluding hydrogens is 394 g/mol. The van der Waals surface area contributed by atoms with E-state index < -0.39 is 21.4 Å². The summed E-state index contributed by atoms with van der Waals surface area (Å²) in [6.45, 7) is 3.18. The number of amides is 1. The predicted molar refractivity (Wildman–Crippen MR) is 110 cm³/mol. The lowest BCUT2D eigenvalue weighted by Gasteiger charge is -2.13. The van der Waals surface area contributed by atoms with Crippen LogP contribution >= 0.6 is 11.3 Å². The normalized spacial score (nSPS) is 17.9. The fourth-order valence-electron chi connectivity index (χ4n) is 4.23. The molecule has 28 heavy (non-hydrogen) atoms. The van der Waals surface area contributed by atoms with Gasteiger partial charge in [0.15, 0.2) is 9.92 Å². The van der Waals surface area contributed by atoms with Gasteiger partial charge in [-0.05, 0) is 80.2 Å². The molecule has 0 saturated carbocycles. The molecule has 3 N–H and O–H groups in total. The molecular formula is C20H25N3O3S2. The van der Waals surface area contributed by atoms with Crippen molar-refractivity contribution in [2.75, 3.05) is 0 Å². The standard InChI is InChI=1S/C20H25N3O3S2/c1-20(2,25)19-22-11-18(27-19)28(21,26)23-17(24)10-13-9-12-5-3-6-14(12)16-8-4-7-15(13)16/h9,11,25H,3-8,10H2,1-2H3,(H2,21,23,24,26)/t28-/m1/s1. The summed E-state index contributed by atoms with van der Waals surface area (Å²) in [6.07, 6.45) is 8.05. The Bertz CT molecular complexity index is 1070. The number of carbonyl (C=O) groups excluding carboxylic acids is 1. The van der Waals surface area contributed by atoms with Crippen molar-refractivity contribution in [3.05, 3.63) is 45.1 Å². The minimum Gasteiger partial charge on any atom is -0.383 e. The lowest BCUT2D eigenvalue weighted by Crippen LogP contribution is -2.16. The van der Waals surface area contributed by atoms with E-state index in [-0.39, 0.29) is 10.6 Å². The molecule has 2 aliphatic rings. The third kappa shape index (κ3) is 3.66. The van der Waals surface area contributed by atoms with Gasteiger partial charge in [0.25, 0.3) is 5.91 Å². The SMILES string of the molecule is CC(C)(O)c1ncc([S@](N)(=O)=NC(=O)Cc2cc3c(c4c2CCC4)CCC3)s1. The van der Waals surface area contributed by atoms with E-state index in [4.69, 9.17) is 5.14 Å². The zero-order valence-electron chi connectivity index (χ0n) is 16.2. The first kappa shape index (κ1) is 19.7. The number of nitrogens with zero attached hydrogens (tertiary/aromatic N) is 2. The second kappa shape index (κ2) is 7.02. The third-order valence-corrected chi connectivity index (χ3v) is 8.68. The molecule has 1 amide bonds. The number of benzene rings is 1. The van der Waals surface area contributed by atoms with Crippen LogP contribution in [0.1, 0.15) is 59.5 Å². The summed E-state index contributed by atoms with van der Waals surface area (Å²) in [6, 6.07) is 2.15. The first-order valence-electron chi connectivity index (χ1n) is 9.57. The third-order valence-electron chi connectivity index (χ3n) is 5.45. The minimum atomic E-state index is -3.37. The van der Waals surface area contributed by atoms with Crippen molar-refractivity contribution in [1.29, 1.82) is 0 Å². The Labute approximate surface area is 169 Å². The fourth-order valence-corrected chi connectivity index (χ4v) is 6.36. The smallest absolute Gasteiger partial charge is 0.259 e. The summed E-state index contributed by atoms with van der Waals surface area (Å²) in [4.78, 5) is 16.7. The zero-order chi connectivity index (χ0) is 20.1. The maximum atomic E-state index is 12.8. The minimum absolute atomic E-state index is 0.126. The Kier molecular flexibility index (Phi) is 4.94. The fraction of sp³-hybridized carbons (Fsp3) is 0.500. The molecule has 1 aromatic heterocycles. The molecule has 0 radical (unpaired) electrons. The van der Waals surface area contributed by atoms with E-state index in [1.54, 1.807) is 13.8 Å². The molecule has 6 nitrogen and oxygen atoms in total. The van der Waals surface area contributed by atoms with E-state index >= 15 is 0 Å². The quantitative estimate of drug-likeness (QED) is 0.795. The van der Waals surface area contributed by atoms with Crippen molar-refractivity contribution in [3.63, 3.8) is 0 Å². The number of hydrogen-bond donors (Lipinski definition) is 2. The summed E-state index contributed by atoms with van der Waals surface area (Å²) in [5.41, 5.74) is 5.42. The second-order valence-corrected chi connectivity index (χ2v) is 11.2. The molecule has 0 unspecified atom stereocenters. The van der Waals surface area contributed by atoms with Gasteiger partial charge in [-0.1, -0.05) is 6.07 Å². The average molecular weight is 420 g/mol. The predicted octanol–water partition coefficient (Wildman–Crippen LogP) is 2.82. The molecule has 4 rings (SSSR count). The van der Waals surface area contributed by atoms with Crippen LogP contribution in [0.25, 0.3) is 0 Å². The van der Waals surface area contributed by atoms with E-state index in [1.165, 1.54) is 34.9 Å². The van der Waals surface area contributed by atoms with Gasteiger partial charge in [0.1, 0.15) is 14.8 Å². The summed E-state index contributed by atoms with van der Waals surface area (Å²) in [5, 5.41) is 16.3. The number of fused-ring (bicyclic) bond motifs is 3. The van der Waals surface area contributed by atoms with Gasteiger partial charge in [-0.15, -0.1) is 15.7 Å². The Morgan fingerprint density at radius 1 is 1.25 bits per heavy atom. The van der Waals surface area contributed by atoms with Gasteiger partial charge >= 0.3 is 0 Å². The van der Waals surface area contributed by atoms with Crippen LogP contribution in [0.5, 0.6) is 0 Å². The molecule has 8 heteroatoms. The van der Waals surface area contributed by atoms with Gasteiger partial charge in [-0.3, -0.25) is 4.79 Å². The number of aliphatic hydroxyl groups is 1. The van der Waals surface area contributed by atoms with Crippen LogP contribution in [0.2, 0.25) is 0 Å². The molecule has 0 saturated heterocycles. The number of rotatable bonds is 4. The molecule has 1 atom stereocenters. The molecule has 150 valence electrons. The number of thiazole rings is 1. The molecule has 0 bridgehead atoms. The van der Waals surface area contributed by atoms with Crippen LogP contribution in [0.3, 0.4) is 0 Å². The molecule has 1 heterocycles. The Morgan fingerprint density at radius 3 is 2.64 bits per heavy atom. The summed E-state index contributed by atoms with van der Waals surface area (Å²) in [7, 11) is -3.37. The van der Waals surface area contributed by atoms with Gasteiger partial charge in [-0.2, -0.15) is 0 Å². The van der Waals surface area contributed by atoms with Crippen LogP contribution in [-0.4, -0.2) is 20.2 Å². The number of nitrogens with two attached hydrogens (primary N) is 1. The molecule has 0 spiro atoms. The average Bonchev–Trinajstić information content (AvgIpc) is 3.32. The number of aryl methyl sites for hydroxylation is 1. The van der Waals surface area contributed by atoms with E-state index in [9.17, 15) is 14.1 Å². The second-order valence-electron chi connectivity index (χ2n) is 8.11. The maximum Gasteiger partial charge on any atom is 0.259 e. The van der Waals surface area contributed by atoms with Gasteiger partial charge in [0.2, 0.25) is 0 Å². The van der Waals surface area contributed by atoms with Gasteiger partial charge in [0, 0.05) is 0 Å². The van der Waals surface area contributed by atoms with Crippen molar-refractivity contribution < 1.29 is 14.1 Å². The Morgan fingerprint density at radius 2 is 1.93 bits per heavy atom. The highest BCUT2D eigenvalue weighted by atomic mass is 32.2. The highest BCUT2D eigenvalue weighted by molar-refractivity contribution is 7.93. The van der Waals surface area contributed by atoms with E-state index in [1.807, 2.05) is 0 Å². The summed E-state index contributed by atoms with van der Waals surface area (Å²) in [5.74, 6) is -0.474. The van der Waals surface area contributed by atoms with Crippen LogP contribution in [0, 0.1) is 0 Å². The topological polar surface area (TPSA) is 106 Å². The maximum absolute atomic E-state index is 12.8. The van der Waals surface area contributed by atoms with Crippen LogP contribution in [-0.2, 0) is 52.4 Å². The lowest BCUT2D eigenvalue weighted by atomic mass is 9.93. The molecule has 1 aromatic carbocycles. The molecule has 0 fully saturated rings. The highest BCUT2D eigenvalue weighted by Crippen LogP contribution is 2.36. The monoisotopic (exact) mass is 419 g/mol. The Hall–Kier alpha value is -1.61. The van der Waals surface area contributed by atoms with Crippen molar-refractivity contribution >= 4 is 27.2 Å². The molecule has 0 aliphatic heterocycles. The van der Waals surface area contributed by atoms with Gasteiger partial charge in [-0.25, -0.2) is 14.3 Å². The van der Waals surface area contributed by atoms with Crippen molar-refractivity contribution in [3.8, 4) is 0 Å². The summed E-state index contributed by atoms with van der Waals surface area (Å²) < 4.78 is 16.9. The first-order valence-corrected chi connectivity index (χ1v) is 12.0. The van der Waals surface area contributed by atoms with E-state index in [0.717, 1.165) is 49.0 Å². The largest absolute Gasteiger partial charge is 0.383 e. The van der Waals surface area contributed by atoms with E-state index in [0.29, 0.717) is 5.01 Å². The van der Waals surface area contributed by atoms with Crippen molar-refractivity contribution in [1.82, 2.24) is 4.98 Å². The van der Waals surface area contributed by atoms with Crippen LogP contribution < -0.4 is 5.14 Å². The zero-order valence-corrected chi connectivity index (χ0v) is 17.8. The van der Waals surface area contributed by atoms with Gasteiger partial charge in [0.05, 0.1) is 12.6 Å². The lowest BCUT2D eigenvalue weighted by molar-refractivity contribution is -0.117. The highest BCUT2D eigenvalue weighted by Gasteiger charge is 2.26. The number of carbonyl (C=O) groups is 1. The van der Waals surface area contributed by atoms with Crippen molar-refractivity contribution in [2.24, 2.45) is 9.50 Å². The first-order chi connectivity index (χ1) is 13.1. The summed E-state index contributed by atoms with van der Waals surface area (Å²) >= 11 is 1.02. The Balaban J connectivity index is 1.62. The number of aromatic nitrogens is 1. The molecule has 2 aromatic rings. The van der Waals surface area contributed by atoms with E-state index in [2.05, 4.69) is 15.4 Å². The van der Waals surface area contributed by atoms with Crippen LogP contribution in [0.4, 0.5) is 0 Å².